The van der Waals surface area contributed by atoms with Crippen molar-refractivity contribution in [1.29, 1.82) is 0 Å². The third kappa shape index (κ3) is 4.48. The molecule has 0 aliphatic heterocycles. The van der Waals surface area contributed by atoms with Crippen LogP contribution in [-0.4, -0.2) is 30.0 Å². The summed E-state index contributed by atoms with van der Waals surface area (Å²) in [6.07, 6.45) is 2.06. The average molecular weight is 428 g/mol. The van der Waals surface area contributed by atoms with E-state index in [9.17, 15) is 18.3 Å². The van der Waals surface area contributed by atoms with Crippen molar-refractivity contribution >= 4 is 21.2 Å². The Bertz CT molecular complexity index is 1090. The number of pyridine rings is 1. The largest absolute Gasteiger partial charge is 0.512 e. The SMILES string of the molecule is Cc1ccc(S(=O)(=O)CC(C)C2CC(=O)C(c3c(C)cc(C)cc3C)=C(O)C2)nc1. The van der Waals surface area contributed by atoms with Gasteiger partial charge in [0, 0.05) is 19.0 Å². The van der Waals surface area contributed by atoms with Gasteiger partial charge in [0.25, 0.3) is 0 Å². The van der Waals surface area contributed by atoms with Gasteiger partial charge in [0.15, 0.2) is 20.6 Å². The first kappa shape index (κ1) is 22.2. The number of carbonyl (C=O) groups is 1. The Morgan fingerprint density at radius 3 is 2.23 bits per heavy atom. The van der Waals surface area contributed by atoms with Gasteiger partial charge in [-0.3, -0.25) is 4.79 Å². The maximum Gasteiger partial charge on any atom is 0.195 e. The number of Topliss-reactive ketones (excluding diaryl/α,β-unsaturated/α-hetero) is 1. The lowest BCUT2D eigenvalue weighted by Gasteiger charge is -2.29. The van der Waals surface area contributed by atoms with Crippen LogP contribution in [0, 0.1) is 39.5 Å². The summed E-state index contributed by atoms with van der Waals surface area (Å²) in [7, 11) is -3.56. The molecule has 1 aromatic carbocycles. The highest BCUT2D eigenvalue weighted by molar-refractivity contribution is 7.91. The lowest BCUT2D eigenvalue weighted by molar-refractivity contribution is -0.115. The van der Waals surface area contributed by atoms with Crippen molar-refractivity contribution in [3.8, 4) is 0 Å². The van der Waals surface area contributed by atoms with E-state index in [1.54, 1.807) is 6.07 Å². The van der Waals surface area contributed by atoms with Gasteiger partial charge in [0.1, 0.15) is 5.76 Å². The Hall–Kier alpha value is -2.47. The Labute approximate surface area is 178 Å². The zero-order chi connectivity index (χ0) is 22.2. The second-order valence-corrected chi connectivity index (χ2v) is 10.6. The van der Waals surface area contributed by atoms with Gasteiger partial charge in [-0.25, -0.2) is 13.4 Å². The molecule has 2 aromatic rings. The van der Waals surface area contributed by atoms with Crippen LogP contribution >= 0.6 is 0 Å². The van der Waals surface area contributed by atoms with E-state index in [4.69, 9.17) is 0 Å². The molecule has 0 amide bonds. The van der Waals surface area contributed by atoms with E-state index in [2.05, 4.69) is 4.98 Å². The van der Waals surface area contributed by atoms with E-state index in [0.717, 1.165) is 27.8 Å². The Balaban J connectivity index is 1.84. The van der Waals surface area contributed by atoms with E-state index in [1.807, 2.05) is 46.8 Å². The molecule has 1 aliphatic carbocycles. The number of benzene rings is 1. The van der Waals surface area contributed by atoms with Crippen LogP contribution in [0.1, 0.15) is 47.6 Å². The predicted octanol–water partition coefficient (Wildman–Crippen LogP) is 4.67. The smallest absolute Gasteiger partial charge is 0.195 e. The summed E-state index contributed by atoms with van der Waals surface area (Å²) in [4.78, 5) is 17.0. The minimum absolute atomic E-state index is 0.0495. The Morgan fingerprint density at radius 2 is 1.70 bits per heavy atom. The minimum atomic E-state index is -3.56. The Morgan fingerprint density at radius 1 is 1.07 bits per heavy atom. The number of allylic oxidation sites excluding steroid dienone is 2. The van der Waals surface area contributed by atoms with Gasteiger partial charge in [0.05, 0.1) is 11.3 Å². The van der Waals surface area contributed by atoms with Crippen LogP contribution in [0.25, 0.3) is 5.57 Å². The number of sulfone groups is 1. The Kier molecular flexibility index (Phi) is 6.18. The minimum Gasteiger partial charge on any atom is -0.512 e. The van der Waals surface area contributed by atoms with Gasteiger partial charge in [-0.15, -0.1) is 0 Å². The summed E-state index contributed by atoms with van der Waals surface area (Å²) >= 11 is 0. The maximum atomic E-state index is 13.0. The zero-order valence-corrected chi connectivity index (χ0v) is 19.0. The number of hydrogen-bond donors (Lipinski definition) is 1. The molecule has 0 radical (unpaired) electrons. The summed E-state index contributed by atoms with van der Waals surface area (Å²) in [5, 5.41) is 10.8. The van der Waals surface area contributed by atoms with E-state index in [1.165, 1.54) is 12.3 Å². The molecular weight excluding hydrogens is 398 g/mol. The molecule has 3 rings (SSSR count). The first-order valence-electron chi connectivity index (χ1n) is 10.2. The summed E-state index contributed by atoms with van der Waals surface area (Å²) in [6.45, 7) is 9.56. The molecule has 1 aliphatic rings. The maximum absolute atomic E-state index is 13.0. The summed E-state index contributed by atoms with van der Waals surface area (Å²) in [6, 6.07) is 7.25. The number of ketones is 1. The van der Waals surface area contributed by atoms with Crippen molar-refractivity contribution in [2.45, 2.75) is 52.5 Å². The highest BCUT2D eigenvalue weighted by Crippen LogP contribution is 2.38. The molecule has 0 fully saturated rings. The molecule has 1 aromatic heterocycles. The number of aliphatic hydroxyl groups is 1. The number of aliphatic hydroxyl groups excluding tert-OH is 1. The molecule has 6 heteroatoms. The van der Waals surface area contributed by atoms with E-state index in [-0.39, 0.29) is 40.6 Å². The summed E-state index contributed by atoms with van der Waals surface area (Å²) < 4.78 is 25.5. The van der Waals surface area contributed by atoms with E-state index >= 15 is 0 Å². The predicted molar refractivity (Wildman–Crippen MR) is 118 cm³/mol. The number of nitrogens with zero attached hydrogens (tertiary/aromatic N) is 1. The third-order valence-corrected chi connectivity index (χ3v) is 7.73. The van der Waals surface area contributed by atoms with Crippen LogP contribution in [-0.2, 0) is 14.6 Å². The summed E-state index contributed by atoms with van der Waals surface area (Å²) in [5.41, 5.74) is 5.11. The lowest BCUT2D eigenvalue weighted by Crippen LogP contribution is -2.28. The molecule has 0 saturated heterocycles. The fourth-order valence-electron chi connectivity index (χ4n) is 4.39. The number of carbonyl (C=O) groups excluding carboxylic acids is 1. The topological polar surface area (TPSA) is 84.3 Å². The number of aryl methyl sites for hydroxylation is 4. The van der Waals surface area contributed by atoms with Crippen molar-refractivity contribution < 1.29 is 18.3 Å². The molecule has 0 spiro atoms. The third-order valence-electron chi connectivity index (χ3n) is 5.89. The fourth-order valence-corrected chi connectivity index (χ4v) is 6.01. The second kappa shape index (κ2) is 8.34. The van der Waals surface area contributed by atoms with Gasteiger partial charge >= 0.3 is 0 Å². The van der Waals surface area contributed by atoms with Crippen molar-refractivity contribution in [2.24, 2.45) is 11.8 Å². The molecule has 0 bridgehead atoms. The molecule has 160 valence electrons. The molecule has 30 heavy (non-hydrogen) atoms. The fraction of sp³-hybridized carbons (Fsp3) is 0.417. The van der Waals surface area contributed by atoms with E-state index < -0.39 is 9.84 Å². The normalized spacial score (nSPS) is 18.6. The van der Waals surface area contributed by atoms with Crippen LogP contribution in [0.4, 0.5) is 0 Å². The first-order valence-corrected chi connectivity index (χ1v) is 11.8. The van der Waals surface area contributed by atoms with Crippen molar-refractivity contribution in [1.82, 2.24) is 4.98 Å². The number of aromatic nitrogens is 1. The molecule has 1 heterocycles. The average Bonchev–Trinajstić information content (AvgIpc) is 2.63. The molecule has 1 N–H and O–H groups in total. The standard InChI is InChI=1S/C24H29NO4S/c1-14-6-7-22(25-12-14)30(28,29)13-18(5)19-10-20(26)24(21(27)11-19)23-16(3)8-15(2)9-17(23)4/h6-9,12,18-19,26H,10-11,13H2,1-5H3. The quantitative estimate of drug-likeness (QED) is 0.749. The van der Waals surface area contributed by atoms with Crippen molar-refractivity contribution in [3.05, 3.63) is 64.0 Å². The van der Waals surface area contributed by atoms with Gasteiger partial charge in [-0.05, 0) is 67.9 Å². The monoisotopic (exact) mass is 427 g/mol. The zero-order valence-electron chi connectivity index (χ0n) is 18.2. The van der Waals surface area contributed by atoms with Gasteiger partial charge in [-0.2, -0.15) is 0 Å². The van der Waals surface area contributed by atoms with Gasteiger partial charge < -0.3 is 5.11 Å². The van der Waals surface area contributed by atoms with Crippen LogP contribution in [0.5, 0.6) is 0 Å². The molecule has 2 unspecified atom stereocenters. The van der Waals surface area contributed by atoms with Crippen LogP contribution in [0.3, 0.4) is 0 Å². The first-order chi connectivity index (χ1) is 14.0. The van der Waals surface area contributed by atoms with Gasteiger partial charge in [0.2, 0.25) is 0 Å². The molecule has 0 saturated carbocycles. The van der Waals surface area contributed by atoms with Crippen molar-refractivity contribution in [3.63, 3.8) is 0 Å². The van der Waals surface area contributed by atoms with Crippen LogP contribution in [0.2, 0.25) is 0 Å². The molecule has 5 nitrogen and oxygen atoms in total. The van der Waals surface area contributed by atoms with Crippen molar-refractivity contribution in [2.75, 3.05) is 5.75 Å². The highest BCUT2D eigenvalue weighted by Gasteiger charge is 2.34. The highest BCUT2D eigenvalue weighted by atomic mass is 32.2. The lowest BCUT2D eigenvalue weighted by atomic mass is 9.77. The van der Waals surface area contributed by atoms with Gasteiger partial charge in [-0.1, -0.05) is 30.7 Å². The van der Waals surface area contributed by atoms with E-state index in [0.29, 0.717) is 12.0 Å². The molecule has 2 atom stereocenters. The number of rotatable bonds is 5. The van der Waals surface area contributed by atoms with Crippen LogP contribution < -0.4 is 0 Å². The van der Waals surface area contributed by atoms with Crippen LogP contribution in [0.15, 0.2) is 41.2 Å². The molecular formula is C24H29NO4S. The summed E-state index contributed by atoms with van der Waals surface area (Å²) in [5.74, 6) is -0.689. The number of hydrogen-bond acceptors (Lipinski definition) is 5. The second-order valence-electron chi connectivity index (χ2n) is 8.62.